The van der Waals surface area contributed by atoms with Crippen LogP contribution in [0.3, 0.4) is 0 Å². The number of hydrogen-bond acceptors (Lipinski definition) is 3. The van der Waals surface area contributed by atoms with Crippen LogP contribution in [0.5, 0.6) is 0 Å². The lowest BCUT2D eigenvalue weighted by Crippen LogP contribution is -2.28. The van der Waals surface area contributed by atoms with Gasteiger partial charge in [-0.3, -0.25) is 4.98 Å². The molecule has 0 aliphatic heterocycles. The predicted octanol–water partition coefficient (Wildman–Crippen LogP) is 4.45. The van der Waals surface area contributed by atoms with Gasteiger partial charge >= 0.3 is 0 Å². The van der Waals surface area contributed by atoms with Crippen molar-refractivity contribution in [2.45, 2.75) is 25.8 Å². The van der Waals surface area contributed by atoms with Crippen molar-refractivity contribution in [3.63, 3.8) is 0 Å². The minimum Gasteiger partial charge on any atom is -0.337 e. The predicted molar refractivity (Wildman–Crippen MR) is 86.4 cm³/mol. The van der Waals surface area contributed by atoms with Crippen LogP contribution < -0.4 is 4.90 Å². The van der Waals surface area contributed by atoms with E-state index in [9.17, 15) is 0 Å². The molecule has 21 heavy (non-hydrogen) atoms. The van der Waals surface area contributed by atoms with Crippen LogP contribution in [-0.4, -0.2) is 11.0 Å². The second kappa shape index (κ2) is 7.25. The van der Waals surface area contributed by atoms with Gasteiger partial charge in [0.05, 0.1) is 23.5 Å². The fourth-order valence-electron chi connectivity index (χ4n) is 2.34. The summed E-state index contributed by atoms with van der Waals surface area (Å²) in [6.07, 6.45) is 7.56. The number of anilines is 2. The lowest BCUT2D eigenvalue weighted by atomic mass is 10.1. The maximum atomic E-state index is 8.92. The van der Waals surface area contributed by atoms with E-state index in [1.807, 2.05) is 42.6 Å². The third-order valence-electron chi connectivity index (χ3n) is 3.43. The van der Waals surface area contributed by atoms with Crippen molar-refractivity contribution in [1.82, 2.24) is 4.98 Å². The molecule has 1 aromatic carbocycles. The highest BCUT2D eigenvalue weighted by Gasteiger charge is 2.16. The number of nitriles is 1. The second-order valence-electron chi connectivity index (χ2n) is 4.95. The standard InChI is InChI=1S/C18H19N3/c1-3-4-6-15(2)21(18-7-5-12-20-14-18)17-10-8-16(13-19)9-11-17/h3,5,7-12,14-15H,1,4,6H2,2H3. The topological polar surface area (TPSA) is 39.9 Å². The molecule has 0 fully saturated rings. The third kappa shape index (κ3) is 3.70. The molecule has 0 amide bonds. The number of aromatic nitrogens is 1. The number of nitrogens with zero attached hydrogens (tertiary/aromatic N) is 3. The zero-order valence-corrected chi connectivity index (χ0v) is 12.2. The fraction of sp³-hybridized carbons (Fsp3) is 0.222. The van der Waals surface area contributed by atoms with Gasteiger partial charge in [-0.1, -0.05) is 6.08 Å². The van der Waals surface area contributed by atoms with Gasteiger partial charge < -0.3 is 4.90 Å². The van der Waals surface area contributed by atoms with Crippen LogP contribution in [0.2, 0.25) is 0 Å². The highest BCUT2D eigenvalue weighted by molar-refractivity contribution is 5.64. The molecule has 3 heteroatoms. The van der Waals surface area contributed by atoms with Crippen molar-refractivity contribution >= 4 is 11.4 Å². The first kappa shape index (κ1) is 14.8. The van der Waals surface area contributed by atoms with Crippen molar-refractivity contribution in [3.05, 3.63) is 67.0 Å². The first-order chi connectivity index (χ1) is 10.3. The van der Waals surface area contributed by atoms with E-state index in [1.165, 1.54) is 0 Å². The highest BCUT2D eigenvalue weighted by atomic mass is 15.2. The van der Waals surface area contributed by atoms with Crippen LogP contribution in [-0.2, 0) is 0 Å². The van der Waals surface area contributed by atoms with Gasteiger partial charge in [0.1, 0.15) is 0 Å². The maximum absolute atomic E-state index is 8.92. The number of allylic oxidation sites excluding steroid dienone is 1. The van der Waals surface area contributed by atoms with Gasteiger partial charge in [0.2, 0.25) is 0 Å². The van der Waals surface area contributed by atoms with Crippen molar-refractivity contribution in [3.8, 4) is 6.07 Å². The molecule has 2 rings (SSSR count). The Morgan fingerprint density at radius 2 is 2.05 bits per heavy atom. The Balaban J connectivity index is 2.35. The van der Waals surface area contributed by atoms with Crippen molar-refractivity contribution in [1.29, 1.82) is 5.26 Å². The average molecular weight is 277 g/mol. The lowest BCUT2D eigenvalue weighted by Gasteiger charge is -2.31. The second-order valence-corrected chi connectivity index (χ2v) is 4.95. The van der Waals surface area contributed by atoms with Crippen LogP contribution in [0, 0.1) is 11.3 Å². The number of rotatable bonds is 6. The van der Waals surface area contributed by atoms with E-state index in [2.05, 4.69) is 35.5 Å². The monoisotopic (exact) mass is 277 g/mol. The van der Waals surface area contributed by atoms with E-state index >= 15 is 0 Å². The van der Waals surface area contributed by atoms with Gasteiger partial charge in [0.25, 0.3) is 0 Å². The molecule has 106 valence electrons. The molecule has 0 aliphatic carbocycles. The number of benzene rings is 1. The van der Waals surface area contributed by atoms with Gasteiger partial charge in [-0.2, -0.15) is 5.26 Å². The molecule has 0 spiro atoms. The molecule has 2 aromatic rings. The number of hydrogen-bond donors (Lipinski definition) is 0. The average Bonchev–Trinajstić information content (AvgIpc) is 2.55. The van der Waals surface area contributed by atoms with E-state index in [1.54, 1.807) is 6.20 Å². The smallest absolute Gasteiger partial charge is 0.0991 e. The quantitative estimate of drug-likeness (QED) is 0.732. The minimum atomic E-state index is 0.320. The van der Waals surface area contributed by atoms with Crippen molar-refractivity contribution in [2.75, 3.05) is 4.90 Å². The van der Waals surface area contributed by atoms with Crippen molar-refractivity contribution < 1.29 is 0 Å². The summed E-state index contributed by atoms with van der Waals surface area (Å²) in [5.74, 6) is 0. The normalized spacial score (nSPS) is 11.4. The Labute approximate surface area is 126 Å². The highest BCUT2D eigenvalue weighted by Crippen LogP contribution is 2.29. The Kier molecular flexibility index (Phi) is 5.11. The SMILES string of the molecule is C=CCCC(C)N(c1ccc(C#N)cc1)c1cccnc1. The lowest BCUT2D eigenvalue weighted by molar-refractivity contribution is 0.654. The molecule has 0 saturated heterocycles. The molecule has 1 heterocycles. The van der Waals surface area contributed by atoms with E-state index in [0.717, 1.165) is 24.2 Å². The van der Waals surface area contributed by atoms with Crippen LogP contribution in [0.4, 0.5) is 11.4 Å². The molecule has 0 bridgehead atoms. The largest absolute Gasteiger partial charge is 0.337 e. The molecule has 0 aliphatic rings. The zero-order valence-electron chi connectivity index (χ0n) is 12.2. The summed E-state index contributed by atoms with van der Waals surface area (Å²) >= 11 is 0. The first-order valence-electron chi connectivity index (χ1n) is 7.06. The summed E-state index contributed by atoms with van der Waals surface area (Å²) in [5, 5.41) is 8.92. The van der Waals surface area contributed by atoms with E-state index in [0.29, 0.717) is 11.6 Å². The zero-order chi connectivity index (χ0) is 15.1. The Morgan fingerprint density at radius 1 is 1.29 bits per heavy atom. The van der Waals surface area contributed by atoms with Crippen LogP contribution in [0.1, 0.15) is 25.3 Å². The molecule has 0 radical (unpaired) electrons. The summed E-state index contributed by atoms with van der Waals surface area (Å²) in [6.45, 7) is 5.98. The Hall–Kier alpha value is -2.60. The summed E-state index contributed by atoms with van der Waals surface area (Å²) in [7, 11) is 0. The van der Waals surface area contributed by atoms with Crippen LogP contribution in [0.15, 0.2) is 61.4 Å². The van der Waals surface area contributed by atoms with Gasteiger partial charge in [-0.05, 0) is 56.2 Å². The van der Waals surface area contributed by atoms with Gasteiger partial charge in [0.15, 0.2) is 0 Å². The number of pyridine rings is 1. The molecule has 0 saturated carbocycles. The van der Waals surface area contributed by atoms with Crippen molar-refractivity contribution in [2.24, 2.45) is 0 Å². The molecule has 1 aromatic heterocycles. The maximum Gasteiger partial charge on any atom is 0.0991 e. The molecule has 1 unspecified atom stereocenters. The van der Waals surface area contributed by atoms with Gasteiger partial charge in [-0.15, -0.1) is 6.58 Å². The Morgan fingerprint density at radius 3 is 2.62 bits per heavy atom. The van der Waals surface area contributed by atoms with Gasteiger partial charge in [0, 0.05) is 17.9 Å². The van der Waals surface area contributed by atoms with E-state index < -0.39 is 0 Å². The molecule has 1 atom stereocenters. The van der Waals surface area contributed by atoms with Crippen LogP contribution in [0.25, 0.3) is 0 Å². The summed E-state index contributed by atoms with van der Waals surface area (Å²) in [4.78, 5) is 6.46. The Bertz CT molecular complexity index is 611. The summed E-state index contributed by atoms with van der Waals surface area (Å²) < 4.78 is 0. The molecular formula is C18H19N3. The van der Waals surface area contributed by atoms with E-state index in [-0.39, 0.29) is 0 Å². The summed E-state index contributed by atoms with van der Waals surface area (Å²) in [5.41, 5.74) is 2.79. The summed E-state index contributed by atoms with van der Waals surface area (Å²) in [6, 6.07) is 14.1. The molecule has 3 nitrogen and oxygen atoms in total. The molecular weight excluding hydrogens is 258 g/mol. The fourth-order valence-corrected chi connectivity index (χ4v) is 2.34. The van der Waals surface area contributed by atoms with Gasteiger partial charge in [-0.25, -0.2) is 0 Å². The first-order valence-corrected chi connectivity index (χ1v) is 7.06. The third-order valence-corrected chi connectivity index (χ3v) is 3.43. The minimum absolute atomic E-state index is 0.320. The van der Waals surface area contributed by atoms with Crippen LogP contribution >= 0.6 is 0 Å². The molecule has 0 N–H and O–H groups in total. The van der Waals surface area contributed by atoms with E-state index in [4.69, 9.17) is 5.26 Å².